The number of thioether (sulfide) groups is 1. The highest BCUT2D eigenvalue weighted by atomic mass is 32.2. The Balaban J connectivity index is 1.52. The van der Waals surface area contributed by atoms with E-state index < -0.39 is 5.97 Å². The summed E-state index contributed by atoms with van der Waals surface area (Å²) in [6.07, 6.45) is 0.547. The summed E-state index contributed by atoms with van der Waals surface area (Å²) in [4.78, 5) is 33.5. The van der Waals surface area contributed by atoms with Crippen molar-refractivity contribution >= 4 is 34.6 Å². The molecule has 2 amide bonds. The van der Waals surface area contributed by atoms with Gasteiger partial charge in [-0.3, -0.25) is 19.7 Å². The van der Waals surface area contributed by atoms with Crippen LogP contribution < -0.4 is 10.6 Å². The SMILES string of the molecule is O=C(O)Cc1ccc(NCc2ccc(CC3SC(=O)NC3=O)cc2)cc1. The molecular weight excluding hydrogens is 352 g/mol. The highest BCUT2D eigenvalue weighted by Crippen LogP contribution is 2.23. The zero-order valence-electron chi connectivity index (χ0n) is 13.9. The van der Waals surface area contributed by atoms with E-state index in [0.717, 1.165) is 34.1 Å². The van der Waals surface area contributed by atoms with Crippen molar-refractivity contribution in [3.8, 4) is 0 Å². The number of carboxylic acids is 1. The third-order valence-electron chi connectivity index (χ3n) is 4.02. The number of aliphatic carboxylic acids is 1. The van der Waals surface area contributed by atoms with Gasteiger partial charge in [-0.1, -0.05) is 48.2 Å². The van der Waals surface area contributed by atoms with E-state index in [1.807, 2.05) is 36.4 Å². The van der Waals surface area contributed by atoms with Crippen molar-refractivity contribution in [2.24, 2.45) is 0 Å². The third kappa shape index (κ3) is 4.86. The van der Waals surface area contributed by atoms with Gasteiger partial charge in [0, 0.05) is 12.2 Å². The zero-order valence-corrected chi connectivity index (χ0v) is 14.7. The molecule has 0 bridgehead atoms. The molecule has 0 aliphatic carbocycles. The Morgan fingerprint density at radius 1 is 1.00 bits per heavy atom. The third-order valence-corrected chi connectivity index (χ3v) is 5.00. The standard InChI is InChI=1S/C19H18N2O4S/c22-17(23)10-13-5-7-15(8-6-13)20-11-14-3-1-12(2-4-14)9-16-18(24)21-19(25)26-16/h1-8,16,20H,9-11H2,(H,22,23)(H,21,24,25). The maximum Gasteiger partial charge on any atom is 0.307 e. The summed E-state index contributed by atoms with van der Waals surface area (Å²) in [5.74, 6) is -1.07. The monoisotopic (exact) mass is 370 g/mol. The van der Waals surface area contributed by atoms with Crippen molar-refractivity contribution in [1.82, 2.24) is 5.32 Å². The average Bonchev–Trinajstić information content (AvgIpc) is 2.92. The van der Waals surface area contributed by atoms with E-state index in [-0.39, 0.29) is 22.8 Å². The van der Waals surface area contributed by atoms with Crippen molar-refractivity contribution < 1.29 is 19.5 Å². The molecule has 2 aromatic carbocycles. The normalized spacial score (nSPS) is 16.4. The number of nitrogens with one attached hydrogen (secondary N) is 2. The summed E-state index contributed by atoms with van der Waals surface area (Å²) in [6.45, 7) is 0.635. The van der Waals surface area contributed by atoms with Gasteiger partial charge in [-0.15, -0.1) is 0 Å². The second-order valence-corrected chi connectivity index (χ2v) is 7.20. The van der Waals surface area contributed by atoms with Gasteiger partial charge in [-0.25, -0.2) is 0 Å². The number of rotatable bonds is 7. The van der Waals surface area contributed by atoms with E-state index in [4.69, 9.17) is 5.11 Å². The molecule has 0 saturated carbocycles. The van der Waals surface area contributed by atoms with Gasteiger partial charge in [0.25, 0.3) is 5.24 Å². The van der Waals surface area contributed by atoms with E-state index >= 15 is 0 Å². The molecule has 3 N–H and O–H groups in total. The highest BCUT2D eigenvalue weighted by Gasteiger charge is 2.31. The highest BCUT2D eigenvalue weighted by molar-refractivity contribution is 8.15. The van der Waals surface area contributed by atoms with Crippen LogP contribution in [-0.4, -0.2) is 27.5 Å². The van der Waals surface area contributed by atoms with Crippen LogP contribution in [0, 0.1) is 0 Å². The van der Waals surface area contributed by atoms with E-state index in [1.165, 1.54) is 0 Å². The van der Waals surface area contributed by atoms with Gasteiger partial charge in [-0.05, 0) is 35.2 Å². The van der Waals surface area contributed by atoms with Gasteiger partial charge in [-0.2, -0.15) is 0 Å². The summed E-state index contributed by atoms with van der Waals surface area (Å²) in [5.41, 5.74) is 3.78. The summed E-state index contributed by atoms with van der Waals surface area (Å²) >= 11 is 1.04. The predicted octanol–water partition coefficient (Wildman–Crippen LogP) is 2.82. The molecule has 26 heavy (non-hydrogen) atoms. The quantitative estimate of drug-likeness (QED) is 0.694. The van der Waals surface area contributed by atoms with Gasteiger partial charge >= 0.3 is 5.97 Å². The molecule has 1 saturated heterocycles. The molecule has 3 rings (SSSR count). The Bertz CT molecular complexity index is 818. The largest absolute Gasteiger partial charge is 0.481 e. The van der Waals surface area contributed by atoms with Crippen molar-refractivity contribution in [3.63, 3.8) is 0 Å². The van der Waals surface area contributed by atoms with Crippen LogP contribution in [0.5, 0.6) is 0 Å². The lowest BCUT2D eigenvalue weighted by Crippen LogP contribution is -2.25. The van der Waals surface area contributed by atoms with Crippen LogP contribution in [0.1, 0.15) is 16.7 Å². The molecule has 0 radical (unpaired) electrons. The maximum atomic E-state index is 11.6. The molecule has 1 atom stereocenters. The number of benzene rings is 2. The lowest BCUT2D eigenvalue weighted by molar-refractivity contribution is -0.136. The number of hydrogen-bond acceptors (Lipinski definition) is 5. The number of imide groups is 1. The molecule has 1 aliphatic heterocycles. The Hall–Kier alpha value is -2.80. The molecule has 6 nitrogen and oxygen atoms in total. The number of carbonyl (C=O) groups excluding carboxylic acids is 2. The van der Waals surface area contributed by atoms with Gasteiger partial charge in [0.1, 0.15) is 0 Å². The van der Waals surface area contributed by atoms with Crippen LogP contribution in [0.25, 0.3) is 0 Å². The lowest BCUT2D eigenvalue weighted by atomic mass is 10.1. The van der Waals surface area contributed by atoms with Crippen LogP contribution in [0.2, 0.25) is 0 Å². The fourth-order valence-corrected chi connectivity index (χ4v) is 3.51. The van der Waals surface area contributed by atoms with Gasteiger partial charge in [0.15, 0.2) is 0 Å². The first-order valence-corrected chi connectivity index (χ1v) is 9.01. The molecule has 2 aromatic rings. The van der Waals surface area contributed by atoms with Crippen molar-refractivity contribution in [3.05, 3.63) is 65.2 Å². The van der Waals surface area contributed by atoms with Gasteiger partial charge < -0.3 is 10.4 Å². The van der Waals surface area contributed by atoms with Crippen LogP contribution >= 0.6 is 11.8 Å². The molecule has 0 spiro atoms. The van der Waals surface area contributed by atoms with E-state index in [1.54, 1.807) is 12.1 Å². The zero-order chi connectivity index (χ0) is 18.5. The predicted molar refractivity (Wildman–Crippen MR) is 100 cm³/mol. The maximum absolute atomic E-state index is 11.6. The van der Waals surface area contributed by atoms with Crippen LogP contribution in [-0.2, 0) is 29.0 Å². The van der Waals surface area contributed by atoms with Crippen LogP contribution in [0.15, 0.2) is 48.5 Å². The number of carbonyl (C=O) groups is 3. The van der Waals surface area contributed by atoms with E-state index in [0.29, 0.717) is 13.0 Å². The molecule has 0 aromatic heterocycles. The summed E-state index contributed by atoms with van der Waals surface area (Å²) in [7, 11) is 0. The first-order valence-electron chi connectivity index (χ1n) is 8.13. The minimum absolute atomic E-state index is 0.0185. The minimum atomic E-state index is -0.844. The van der Waals surface area contributed by atoms with Gasteiger partial charge in [0.2, 0.25) is 5.91 Å². The molecule has 1 fully saturated rings. The summed E-state index contributed by atoms with van der Waals surface area (Å²) < 4.78 is 0. The first kappa shape index (κ1) is 18.0. The Morgan fingerprint density at radius 2 is 1.62 bits per heavy atom. The van der Waals surface area contributed by atoms with Crippen molar-refractivity contribution in [1.29, 1.82) is 0 Å². The Labute approximate surface area is 155 Å². The fourth-order valence-electron chi connectivity index (χ4n) is 2.65. The number of carboxylic acid groups (broad SMARTS) is 1. The van der Waals surface area contributed by atoms with Crippen LogP contribution in [0.4, 0.5) is 10.5 Å². The second-order valence-electron chi connectivity index (χ2n) is 6.02. The minimum Gasteiger partial charge on any atom is -0.481 e. The molecule has 1 unspecified atom stereocenters. The van der Waals surface area contributed by atoms with E-state index in [2.05, 4.69) is 10.6 Å². The summed E-state index contributed by atoms with van der Waals surface area (Å²) in [5, 5.41) is 13.7. The molecule has 1 heterocycles. The number of amides is 2. The lowest BCUT2D eigenvalue weighted by Gasteiger charge is -2.09. The average molecular weight is 370 g/mol. The van der Waals surface area contributed by atoms with Crippen molar-refractivity contribution in [2.75, 3.05) is 5.32 Å². The first-order chi connectivity index (χ1) is 12.5. The fraction of sp³-hybridized carbons (Fsp3) is 0.211. The van der Waals surface area contributed by atoms with Gasteiger partial charge in [0.05, 0.1) is 11.7 Å². The number of anilines is 1. The molecule has 7 heteroatoms. The smallest absolute Gasteiger partial charge is 0.307 e. The Kier molecular flexibility index (Phi) is 5.58. The van der Waals surface area contributed by atoms with Crippen LogP contribution in [0.3, 0.4) is 0 Å². The van der Waals surface area contributed by atoms with Crippen molar-refractivity contribution in [2.45, 2.75) is 24.6 Å². The molecule has 1 aliphatic rings. The molecular formula is C19H18N2O4S. The Morgan fingerprint density at radius 3 is 2.19 bits per heavy atom. The molecule has 134 valence electrons. The topological polar surface area (TPSA) is 95.5 Å². The second kappa shape index (κ2) is 8.05. The summed E-state index contributed by atoms with van der Waals surface area (Å²) in [6, 6.07) is 15.2. The number of hydrogen-bond donors (Lipinski definition) is 3. The van der Waals surface area contributed by atoms with E-state index in [9.17, 15) is 14.4 Å².